The van der Waals surface area contributed by atoms with Gasteiger partial charge in [-0.15, -0.1) is 0 Å². The highest BCUT2D eigenvalue weighted by molar-refractivity contribution is 7.62. The molecule has 0 spiro atoms. The molecule has 53 heavy (non-hydrogen) atoms. The third-order valence-corrected chi connectivity index (χ3v) is 10.9. The first-order valence-corrected chi connectivity index (χ1v) is 18.8. The van der Waals surface area contributed by atoms with Crippen LogP contribution in [0.15, 0.2) is 118 Å². The summed E-state index contributed by atoms with van der Waals surface area (Å²) in [6.45, 7) is -1.21. The Bertz CT molecular complexity index is 1870. The topological polar surface area (TPSA) is 275 Å². The van der Waals surface area contributed by atoms with E-state index in [4.69, 9.17) is 44.5 Å². The van der Waals surface area contributed by atoms with Gasteiger partial charge in [0.15, 0.2) is 0 Å². The van der Waals surface area contributed by atoms with Crippen molar-refractivity contribution < 1.29 is 31.5 Å². The van der Waals surface area contributed by atoms with Gasteiger partial charge in [0.2, 0.25) is 0 Å². The Labute approximate surface area is 303 Å². The van der Waals surface area contributed by atoms with Gasteiger partial charge in [0.25, 0.3) is 0 Å². The van der Waals surface area contributed by atoms with Crippen molar-refractivity contribution in [2.24, 2.45) is 20.5 Å². The third kappa shape index (κ3) is 12.8. The van der Waals surface area contributed by atoms with Gasteiger partial charge in [0.05, 0.1) is 26.4 Å². The molecule has 0 radical (unpaired) electrons. The zero-order valence-electron chi connectivity index (χ0n) is 28.0. The number of azide groups is 4. The van der Waals surface area contributed by atoms with Crippen molar-refractivity contribution in [1.29, 1.82) is 0 Å². The van der Waals surface area contributed by atoms with E-state index in [9.17, 15) is 9.13 Å². The van der Waals surface area contributed by atoms with Crippen LogP contribution >= 0.6 is 15.6 Å². The molecule has 19 nitrogen and oxygen atoms in total. The molecule has 272 valence electrons. The quantitative estimate of drug-likeness (QED) is 0.0323. The first-order chi connectivity index (χ1) is 25.8. The van der Waals surface area contributed by atoms with Crippen molar-refractivity contribution in [3.8, 4) is 0 Å². The van der Waals surface area contributed by atoms with Gasteiger partial charge in [-0.2, -0.15) is 4.31 Å². The number of hydrogen-bond acceptors (Lipinski definition) is 11. The number of phosphoric acid groups is 2. The molecular weight excluding hydrogens is 726 g/mol. The lowest BCUT2D eigenvalue weighted by Crippen LogP contribution is -2.09. The minimum absolute atomic E-state index is 0.0873. The summed E-state index contributed by atoms with van der Waals surface area (Å²) in [6, 6.07) is 26.7. The Balaban J connectivity index is 1.59. The smallest absolute Gasteiger partial charge is 0.286 e. The van der Waals surface area contributed by atoms with Crippen LogP contribution in [0.5, 0.6) is 0 Å². The van der Waals surface area contributed by atoms with Gasteiger partial charge >= 0.3 is 15.6 Å². The fourth-order valence-electron chi connectivity index (χ4n) is 4.83. The minimum atomic E-state index is -4.79. The molecule has 4 aromatic carbocycles. The number of nitrogens with zero attached hydrogens (tertiary/aromatic N) is 12. The molecule has 0 unspecified atom stereocenters. The van der Waals surface area contributed by atoms with E-state index in [0.717, 1.165) is 0 Å². The normalized spacial score (nSPS) is 12.8. The molecule has 0 bridgehead atoms. The fourth-order valence-corrected chi connectivity index (χ4v) is 7.98. The standard InChI is InChI=1S/C32H32N12O7P2/c33-41-37-29-13-5-1-9-25(29)17-21-47-52(45,48-22-18-26-10-2-6-14-30(26)38-42-34)51-53(46,49-23-19-27-11-3-7-15-31(27)39-43-35)50-24-20-28-12-4-8-16-32(28)40-44-36/h1-16H,17-24H2. The van der Waals surface area contributed by atoms with E-state index in [0.29, 0.717) is 45.0 Å². The third-order valence-electron chi connectivity index (χ3n) is 7.26. The number of phosphoric ester groups is 2. The molecule has 0 atom stereocenters. The van der Waals surface area contributed by atoms with Crippen LogP contribution in [-0.2, 0) is 57.2 Å². The molecule has 4 aromatic rings. The van der Waals surface area contributed by atoms with Crippen LogP contribution in [0.2, 0.25) is 0 Å². The molecule has 0 heterocycles. The van der Waals surface area contributed by atoms with Crippen molar-refractivity contribution in [3.63, 3.8) is 0 Å². The van der Waals surface area contributed by atoms with Gasteiger partial charge in [0, 0.05) is 42.4 Å². The van der Waals surface area contributed by atoms with Crippen LogP contribution in [0, 0.1) is 0 Å². The fraction of sp³-hybridized carbons (Fsp3) is 0.250. The van der Waals surface area contributed by atoms with E-state index < -0.39 is 15.6 Å². The van der Waals surface area contributed by atoms with Crippen LogP contribution in [0.4, 0.5) is 22.7 Å². The zero-order chi connectivity index (χ0) is 37.8. The predicted molar refractivity (Wildman–Crippen MR) is 196 cm³/mol. The average molecular weight is 759 g/mol. The molecule has 0 saturated carbocycles. The molecule has 0 amide bonds. The Morgan fingerprint density at radius 2 is 0.642 bits per heavy atom. The summed E-state index contributed by atoms with van der Waals surface area (Å²) < 4.78 is 56.8. The van der Waals surface area contributed by atoms with Crippen molar-refractivity contribution in [3.05, 3.63) is 161 Å². The molecule has 0 aliphatic rings. The summed E-state index contributed by atoms with van der Waals surface area (Å²) in [5.74, 6) is 0. The average Bonchev–Trinajstić information content (AvgIpc) is 3.15. The maximum atomic E-state index is 14.3. The predicted octanol–water partition coefficient (Wildman–Crippen LogP) is 12.0. The molecular formula is C32H32N12O7P2. The van der Waals surface area contributed by atoms with Gasteiger partial charge in [-0.1, -0.05) is 118 Å². The Morgan fingerprint density at radius 3 is 0.868 bits per heavy atom. The highest BCUT2D eigenvalue weighted by Crippen LogP contribution is 2.66. The van der Waals surface area contributed by atoms with Gasteiger partial charge in [0.1, 0.15) is 0 Å². The van der Waals surface area contributed by atoms with Crippen molar-refractivity contribution in [2.45, 2.75) is 25.7 Å². The summed E-state index contributed by atoms with van der Waals surface area (Å²) in [5.41, 5.74) is 39.4. The van der Waals surface area contributed by atoms with Gasteiger partial charge in [-0.25, -0.2) is 9.13 Å². The highest BCUT2D eigenvalue weighted by Gasteiger charge is 2.41. The van der Waals surface area contributed by atoms with E-state index in [-0.39, 0.29) is 52.1 Å². The highest BCUT2D eigenvalue weighted by atomic mass is 31.3. The molecule has 0 aromatic heterocycles. The molecule has 0 saturated heterocycles. The largest absolute Gasteiger partial charge is 0.483 e. The molecule has 0 fully saturated rings. The van der Waals surface area contributed by atoms with Crippen molar-refractivity contribution >= 4 is 38.4 Å². The van der Waals surface area contributed by atoms with E-state index >= 15 is 0 Å². The Hall–Kier alpha value is -5.62. The van der Waals surface area contributed by atoms with Crippen LogP contribution < -0.4 is 0 Å². The SMILES string of the molecule is [N-]=[N+]=Nc1ccccc1CCOP(=O)(OCCc1ccccc1N=[N+]=[N-])OP(=O)(OCCc1ccccc1N=[N+]=[N-])OCCc1ccccc1N=[N+]=[N-]. The molecule has 0 aliphatic heterocycles. The van der Waals surface area contributed by atoms with Crippen LogP contribution in [0.3, 0.4) is 0 Å². The van der Waals surface area contributed by atoms with Gasteiger partial charge < -0.3 is 0 Å². The summed E-state index contributed by atoms with van der Waals surface area (Å²) in [7, 11) is -9.59. The van der Waals surface area contributed by atoms with Crippen LogP contribution in [-0.4, -0.2) is 26.4 Å². The van der Waals surface area contributed by atoms with E-state index in [1.165, 1.54) is 0 Å². The lowest BCUT2D eigenvalue weighted by Gasteiger charge is -2.24. The first kappa shape index (κ1) is 40.2. The van der Waals surface area contributed by atoms with E-state index in [1.807, 2.05) is 0 Å². The van der Waals surface area contributed by atoms with E-state index in [1.54, 1.807) is 97.1 Å². The summed E-state index contributed by atoms with van der Waals surface area (Å²) in [4.78, 5) is 11.3. The second kappa shape index (κ2) is 21.0. The number of hydrogen-bond donors (Lipinski definition) is 0. The molecule has 0 N–H and O–H groups in total. The molecule has 4 rings (SSSR count). The Kier molecular flexibility index (Phi) is 15.9. The zero-order valence-corrected chi connectivity index (χ0v) is 29.8. The summed E-state index contributed by atoms with van der Waals surface area (Å²) >= 11 is 0. The van der Waals surface area contributed by atoms with Crippen LogP contribution in [0.1, 0.15) is 22.3 Å². The van der Waals surface area contributed by atoms with Crippen LogP contribution in [0.25, 0.3) is 41.8 Å². The number of rotatable bonds is 22. The Morgan fingerprint density at radius 1 is 0.415 bits per heavy atom. The lowest BCUT2D eigenvalue weighted by molar-refractivity contribution is 0.111. The summed E-state index contributed by atoms with van der Waals surface area (Å²) in [6.07, 6.45) is 0.349. The minimum Gasteiger partial charge on any atom is -0.286 e. The van der Waals surface area contributed by atoms with E-state index in [2.05, 4.69) is 40.1 Å². The molecule has 0 aliphatic carbocycles. The maximum Gasteiger partial charge on any atom is 0.483 e. The molecule has 21 heteroatoms. The van der Waals surface area contributed by atoms with Crippen molar-refractivity contribution in [1.82, 2.24) is 0 Å². The second-order valence-corrected chi connectivity index (χ2v) is 14.1. The van der Waals surface area contributed by atoms with Gasteiger partial charge in [-0.05, 0) is 70.1 Å². The maximum absolute atomic E-state index is 14.3. The number of benzene rings is 4. The van der Waals surface area contributed by atoms with Gasteiger partial charge in [-0.3, -0.25) is 18.1 Å². The lowest BCUT2D eigenvalue weighted by atomic mass is 10.1. The van der Waals surface area contributed by atoms with Crippen molar-refractivity contribution in [2.75, 3.05) is 26.4 Å². The monoisotopic (exact) mass is 758 g/mol. The first-order valence-electron chi connectivity index (χ1n) is 15.8. The summed E-state index contributed by atoms with van der Waals surface area (Å²) in [5, 5.41) is 14.6. The second-order valence-electron chi connectivity index (χ2n) is 10.6.